The number of nitrogens with zero attached hydrogens (tertiary/aromatic N) is 1. The monoisotopic (exact) mass is 300 g/mol. The number of rotatable bonds is 5. The number of carbonyl (C=O) groups excluding carboxylic acids is 1. The first-order valence-corrected chi connectivity index (χ1v) is 8.24. The van der Waals surface area contributed by atoms with E-state index in [0.717, 1.165) is 31.7 Å². The fraction of sp³-hybridized carbons (Fsp3) is 0.556. The number of hydrogen-bond donors (Lipinski definition) is 1. The van der Waals surface area contributed by atoms with Gasteiger partial charge in [0, 0.05) is 31.1 Å². The van der Waals surface area contributed by atoms with Crippen molar-refractivity contribution in [2.45, 2.75) is 46.5 Å². The fourth-order valence-corrected chi connectivity index (χ4v) is 3.46. The number of pyridine rings is 1. The Hall–Kier alpha value is -1.84. The number of nitrogens with one attached hydrogen (secondary N) is 1. The molecule has 0 radical (unpaired) electrons. The molecule has 0 saturated heterocycles. The first kappa shape index (κ1) is 15.1. The highest BCUT2D eigenvalue weighted by Crippen LogP contribution is 2.43. The third-order valence-corrected chi connectivity index (χ3v) is 4.60. The van der Waals surface area contributed by atoms with E-state index < -0.39 is 0 Å². The van der Waals surface area contributed by atoms with Crippen LogP contribution in [0.5, 0.6) is 5.88 Å². The number of carbonyl (C=O) groups is 1. The van der Waals surface area contributed by atoms with Gasteiger partial charge in [0.15, 0.2) is 0 Å². The van der Waals surface area contributed by atoms with Gasteiger partial charge < -0.3 is 10.1 Å². The molecule has 1 N–H and O–H groups in total. The molecule has 1 amide bonds. The van der Waals surface area contributed by atoms with Crippen LogP contribution in [0.25, 0.3) is 5.57 Å². The van der Waals surface area contributed by atoms with E-state index in [4.69, 9.17) is 4.74 Å². The Labute approximate surface area is 132 Å². The third-order valence-electron chi connectivity index (χ3n) is 4.60. The molecule has 0 fully saturated rings. The zero-order valence-electron chi connectivity index (χ0n) is 13.7. The van der Waals surface area contributed by atoms with E-state index in [1.165, 1.54) is 27.8 Å². The lowest BCUT2D eigenvalue weighted by molar-refractivity contribution is -0.120. The highest BCUT2D eigenvalue weighted by Gasteiger charge is 2.30. The second-order valence-corrected chi connectivity index (χ2v) is 6.33. The van der Waals surface area contributed by atoms with Gasteiger partial charge >= 0.3 is 0 Å². The van der Waals surface area contributed by atoms with Crippen molar-refractivity contribution >= 4 is 11.5 Å². The highest BCUT2D eigenvalue weighted by atomic mass is 16.5. The molecule has 4 heteroatoms. The number of ether oxygens (including phenoxy) is 1. The van der Waals surface area contributed by atoms with E-state index in [1.807, 2.05) is 13.1 Å². The Morgan fingerprint density at radius 3 is 3.00 bits per heavy atom. The highest BCUT2D eigenvalue weighted by molar-refractivity contribution is 5.81. The molecule has 0 unspecified atom stereocenters. The smallest absolute Gasteiger partial charge is 0.219 e. The van der Waals surface area contributed by atoms with Crippen LogP contribution in [-0.2, 0) is 17.6 Å². The molecule has 0 saturated carbocycles. The van der Waals surface area contributed by atoms with Gasteiger partial charge in [-0.05, 0) is 35.5 Å². The molecule has 1 aromatic heterocycles. The van der Waals surface area contributed by atoms with Gasteiger partial charge in [0.2, 0.25) is 11.8 Å². The Balaban J connectivity index is 1.90. The van der Waals surface area contributed by atoms with Crippen molar-refractivity contribution in [2.24, 2.45) is 5.92 Å². The average molecular weight is 300 g/mol. The molecular weight excluding hydrogens is 276 g/mol. The van der Waals surface area contributed by atoms with Crippen LogP contribution < -0.4 is 10.1 Å². The minimum atomic E-state index is 0.119. The number of allylic oxidation sites excluding steroid dienone is 1. The summed E-state index contributed by atoms with van der Waals surface area (Å²) in [5.41, 5.74) is 6.85. The van der Waals surface area contributed by atoms with Gasteiger partial charge in [-0.1, -0.05) is 26.3 Å². The van der Waals surface area contributed by atoms with Gasteiger partial charge in [-0.2, -0.15) is 0 Å². The summed E-state index contributed by atoms with van der Waals surface area (Å²) in [6.07, 6.45) is 5.34. The van der Waals surface area contributed by atoms with Gasteiger partial charge in [-0.3, -0.25) is 4.79 Å². The maximum absolute atomic E-state index is 11.5. The fourth-order valence-electron chi connectivity index (χ4n) is 3.46. The minimum absolute atomic E-state index is 0.119. The summed E-state index contributed by atoms with van der Waals surface area (Å²) in [6.45, 7) is 7.81. The number of fused-ring (bicyclic) bond motifs is 3. The zero-order valence-corrected chi connectivity index (χ0v) is 13.7. The molecule has 1 aliphatic carbocycles. The molecule has 2 aliphatic rings. The van der Waals surface area contributed by atoms with E-state index in [9.17, 15) is 4.79 Å². The quantitative estimate of drug-likeness (QED) is 0.909. The van der Waals surface area contributed by atoms with Crippen LogP contribution in [0.1, 0.15) is 50.3 Å². The SMILES string of the molecule is CCC(=O)NCCC1=C(C(C)C)Cc2cnc3c(c21)CCO3. The van der Waals surface area contributed by atoms with Crippen LogP contribution in [0.15, 0.2) is 11.8 Å². The Kier molecular flexibility index (Phi) is 4.19. The third kappa shape index (κ3) is 2.62. The van der Waals surface area contributed by atoms with Gasteiger partial charge in [0.25, 0.3) is 0 Å². The second kappa shape index (κ2) is 6.11. The van der Waals surface area contributed by atoms with Gasteiger partial charge in [-0.25, -0.2) is 4.98 Å². The van der Waals surface area contributed by atoms with Gasteiger partial charge in [0.05, 0.1) is 6.61 Å². The van der Waals surface area contributed by atoms with Gasteiger partial charge in [-0.15, -0.1) is 0 Å². The van der Waals surface area contributed by atoms with Crippen LogP contribution in [0.3, 0.4) is 0 Å². The lowest BCUT2D eigenvalue weighted by atomic mass is 9.94. The number of aromatic nitrogens is 1. The normalized spacial score (nSPS) is 15.8. The van der Waals surface area contributed by atoms with E-state index >= 15 is 0 Å². The standard InChI is InChI=1S/C18H24N2O2/c1-4-16(21)19-7-5-13-15(11(2)3)9-12-10-20-18-14(17(12)13)6-8-22-18/h10-11H,4-9H2,1-3H3,(H,19,21). The van der Waals surface area contributed by atoms with Crippen LogP contribution >= 0.6 is 0 Å². The van der Waals surface area contributed by atoms with Crippen LogP contribution in [0, 0.1) is 5.92 Å². The van der Waals surface area contributed by atoms with E-state index in [1.54, 1.807) is 0 Å². The van der Waals surface area contributed by atoms with Gasteiger partial charge in [0.1, 0.15) is 0 Å². The molecule has 2 heterocycles. The Morgan fingerprint density at radius 2 is 2.27 bits per heavy atom. The lowest BCUT2D eigenvalue weighted by Gasteiger charge is -2.13. The summed E-state index contributed by atoms with van der Waals surface area (Å²) in [6, 6.07) is 0. The van der Waals surface area contributed by atoms with Crippen LogP contribution in [-0.4, -0.2) is 24.0 Å². The molecule has 3 rings (SSSR count). The molecule has 118 valence electrons. The van der Waals surface area contributed by atoms with Crippen LogP contribution in [0.2, 0.25) is 0 Å². The van der Waals surface area contributed by atoms with Crippen LogP contribution in [0.4, 0.5) is 0 Å². The summed E-state index contributed by atoms with van der Waals surface area (Å²) in [7, 11) is 0. The summed E-state index contributed by atoms with van der Waals surface area (Å²) in [4.78, 5) is 15.9. The molecule has 1 aliphatic heterocycles. The summed E-state index contributed by atoms with van der Waals surface area (Å²) in [5, 5.41) is 3.00. The van der Waals surface area contributed by atoms with E-state index in [-0.39, 0.29) is 5.91 Å². The molecule has 0 aromatic carbocycles. The topological polar surface area (TPSA) is 51.2 Å². The predicted octanol–water partition coefficient (Wildman–Crippen LogP) is 2.90. The van der Waals surface area contributed by atoms with Crippen molar-refractivity contribution in [3.8, 4) is 5.88 Å². The van der Waals surface area contributed by atoms with Crippen molar-refractivity contribution < 1.29 is 9.53 Å². The molecule has 4 nitrogen and oxygen atoms in total. The Bertz CT molecular complexity index is 632. The lowest BCUT2D eigenvalue weighted by Crippen LogP contribution is -2.23. The summed E-state index contributed by atoms with van der Waals surface area (Å²) in [5.74, 6) is 1.44. The summed E-state index contributed by atoms with van der Waals surface area (Å²) >= 11 is 0. The number of hydrogen-bond acceptors (Lipinski definition) is 3. The summed E-state index contributed by atoms with van der Waals surface area (Å²) < 4.78 is 5.62. The van der Waals surface area contributed by atoms with Crippen molar-refractivity contribution in [3.63, 3.8) is 0 Å². The first-order chi connectivity index (χ1) is 10.6. The van der Waals surface area contributed by atoms with Crippen molar-refractivity contribution in [1.29, 1.82) is 0 Å². The van der Waals surface area contributed by atoms with Crippen molar-refractivity contribution in [1.82, 2.24) is 10.3 Å². The predicted molar refractivity (Wildman–Crippen MR) is 86.8 cm³/mol. The average Bonchev–Trinajstić information content (AvgIpc) is 3.10. The molecule has 0 atom stereocenters. The molecular formula is C18H24N2O2. The van der Waals surface area contributed by atoms with Crippen molar-refractivity contribution in [3.05, 3.63) is 28.5 Å². The maximum Gasteiger partial charge on any atom is 0.219 e. The zero-order chi connectivity index (χ0) is 15.7. The first-order valence-electron chi connectivity index (χ1n) is 8.24. The van der Waals surface area contributed by atoms with Crippen molar-refractivity contribution in [2.75, 3.05) is 13.2 Å². The molecule has 1 aromatic rings. The largest absolute Gasteiger partial charge is 0.477 e. The molecule has 22 heavy (non-hydrogen) atoms. The maximum atomic E-state index is 11.5. The second-order valence-electron chi connectivity index (χ2n) is 6.33. The Morgan fingerprint density at radius 1 is 1.45 bits per heavy atom. The minimum Gasteiger partial charge on any atom is -0.477 e. The van der Waals surface area contributed by atoms with E-state index in [0.29, 0.717) is 18.9 Å². The number of amides is 1. The molecule has 0 spiro atoms. The van der Waals surface area contributed by atoms with E-state index in [2.05, 4.69) is 24.1 Å². The molecule has 0 bridgehead atoms.